The second-order valence-corrected chi connectivity index (χ2v) is 4.90. The van der Waals surface area contributed by atoms with Crippen LogP contribution >= 0.6 is 11.6 Å². The molecule has 0 aromatic rings. The van der Waals surface area contributed by atoms with Crippen molar-refractivity contribution in [2.75, 3.05) is 13.1 Å². The van der Waals surface area contributed by atoms with Crippen molar-refractivity contribution in [3.8, 4) is 0 Å². The predicted octanol–water partition coefficient (Wildman–Crippen LogP) is 1.28. The number of carbonyl (C=O) groups excluding carboxylic acids is 2. The maximum absolute atomic E-state index is 11.9. The van der Waals surface area contributed by atoms with E-state index in [4.69, 9.17) is 11.6 Å². The number of likely N-dealkylation sites (tertiary alicyclic amines) is 1. The molecule has 18 heavy (non-hydrogen) atoms. The molecule has 8 heteroatoms. The van der Waals surface area contributed by atoms with Crippen molar-refractivity contribution < 1.29 is 22.8 Å². The Labute approximate surface area is 107 Å². The quantitative estimate of drug-likeness (QED) is 0.795. The van der Waals surface area contributed by atoms with Gasteiger partial charge in [-0.15, -0.1) is 11.6 Å². The molecular formula is C10H14ClF3N2O2. The molecule has 1 fully saturated rings. The highest BCUT2D eigenvalue weighted by molar-refractivity contribution is 6.30. The van der Waals surface area contributed by atoms with Gasteiger partial charge in [0.15, 0.2) is 0 Å². The van der Waals surface area contributed by atoms with E-state index in [2.05, 4.69) is 5.32 Å². The second kappa shape index (κ2) is 5.77. The monoisotopic (exact) mass is 286 g/mol. The molecule has 2 amide bonds. The summed E-state index contributed by atoms with van der Waals surface area (Å²) >= 11 is 5.62. The van der Waals surface area contributed by atoms with Gasteiger partial charge in [0.05, 0.1) is 0 Å². The van der Waals surface area contributed by atoms with Crippen molar-refractivity contribution in [3.05, 3.63) is 0 Å². The van der Waals surface area contributed by atoms with Crippen LogP contribution in [0.5, 0.6) is 0 Å². The van der Waals surface area contributed by atoms with Gasteiger partial charge in [-0.2, -0.15) is 13.2 Å². The highest BCUT2D eigenvalue weighted by atomic mass is 35.5. The topological polar surface area (TPSA) is 49.4 Å². The van der Waals surface area contributed by atoms with E-state index in [9.17, 15) is 22.8 Å². The Kier molecular flexibility index (Phi) is 4.84. The Morgan fingerprint density at radius 1 is 1.50 bits per heavy atom. The maximum Gasteiger partial charge on any atom is 0.397 e. The zero-order valence-corrected chi connectivity index (χ0v) is 10.5. The van der Waals surface area contributed by atoms with Gasteiger partial charge in [0.1, 0.15) is 11.8 Å². The number of rotatable bonds is 3. The predicted molar refractivity (Wildman–Crippen MR) is 59.1 cm³/mol. The van der Waals surface area contributed by atoms with Crippen LogP contribution in [-0.2, 0) is 9.59 Å². The largest absolute Gasteiger partial charge is 0.397 e. The fourth-order valence-corrected chi connectivity index (χ4v) is 1.93. The summed E-state index contributed by atoms with van der Waals surface area (Å²) in [5.74, 6) is -1.34. The molecular weight excluding hydrogens is 273 g/mol. The average molecular weight is 287 g/mol. The van der Waals surface area contributed by atoms with Crippen LogP contribution in [0.3, 0.4) is 0 Å². The van der Waals surface area contributed by atoms with Crippen molar-refractivity contribution in [3.63, 3.8) is 0 Å². The van der Waals surface area contributed by atoms with Gasteiger partial charge in [-0.25, -0.2) is 0 Å². The maximum atomic E-state index is 11.9. The van der Waals surface area contributed by atoms with Crippen LogP contribution in [0.1, 0.15) is 19.8 Å². The van der Waals surface area contributed by atoms with E-state index in [1.165, 1.54) is 11.8 Å². The third-order valence-electron chi connectivity index (χ3n) is 2.57. The van der Waals surface area contributed by atoms with Gasteiger partial charge in [-0.05, 0) is 13.3 Å². The van der Waals surface area contributed by atoms with Crippen molar-refractivity contribution >= 4 is 23.4 Å². The Hall–Kier alpha value is -0.980. The molecule has 2 unspecified atom stereocenters. The SMILES string of the molecule is CC(Cl)C(=O)N1CCC(NC(=O)CC(F)(F)F)C1. The molecule has 0 spiro atoms. The minimum atomic E-state index is -4.51. The van der Waals surface area contributed by atoms with Crippen LogP contribution < -0.4 is 5.32 Å². The molecule has 2 atom stereocenters. The number of hydrogen-bond acceptors (Lipinski definition) is 2. The summed E-state index contributed by atoms with van der Waals surface area (Å²) < 4.78 is 35.8. The summed E-state index contributed by atoms with van der Waals surface area (Å²) in [6.07, 6.45) is -5.56. The lowest BCUT2D eigenvalue weighted by molar-refractivity contribution is -0.154. The summed E-state index contributed by atoms with van der Waals surface area (Å²) in [5, 5.41) is 1.59. The number of nitrogens with zero attached hydrogens (tertiary/aromatic N) is 1. The fourth-order valence-electron chi connectivity index (χ4n) is 1.79. The van der Waals surface area contributed by atoms with E-state index in [1.54, 1.807) is 0 Å². The van der Waals surface area contributed by atoms with Crippen molar-refractivity contribution in [1.29, 1.82) is 0 Å². The normalized spacial score (nSPS) is 21.8. The third-order valence-corrected chi connectivity index (χ3v) is 2.75. The highest BCUT2D eigenvalue weighted by Crippen LogP contribution is 2.20. The first-order chi connectivity index (χ1) is 8.19. The molecule has 1 N–H and O–H groups in total. The van der Waals surface area contributed by atoms with E-state index in [0.29, 0.717) is 13.0 Å². The molecule has 1 aliphatic rings. The van der Waals surface area contributed by atoms with E-state index in [1.807, 2.05) is 0 Å². The van der Waals surface area contributed by atoms with Gasteiger partial charge in [0.2, 0.25) is 11.8 Å². The minimum absolute atomic E-state index is 0.208. The lowest BCUT2D eigenvalue weighted by atomic mass is 10.2. The Balaban J connectivity index is 2.39. The zero-order valence-electron chi connectivity index (χ0n) is 9.76. The lowest BCUT2D eigenvalue weighted by Gasteiger charge is -2.18. The molecule has 0 bridgehead atoms. The second-order valence-electron chi connectivity index (χ2n) is 4.25. The summed E-state index contributed by atoms with van der Waals surface area (Å²) in [6.45, 7) is 2.13. The van der Waals surface area contributed by atoms with Gasteiger partial charge in [0, 0.05) is 19.1 Å². The number of carbonyl (C=O) groups is 2. The molecule has 1 aliphatic heterocycles. The van der Waals surface area contributed by atoms with E-state index < -0.39 is 29.9 Å². The molecule has 0 aliphatic carbocycles. The van der Waals surface area contributed by atoms with Crippen molar-refractivity contribution in [2.24, 2.45) is 0 Å². The molecule has 1 rings (SSSR count). The van der Waals surface area contributed by atoms with E-state index >= 15 is 0 Å². The fraction of sp³-hybridized carbons (Fsp3) is 0.800. The Morgan fingerprint density at radius 2 is 2.11 bits per heavy atom. The standard InChI is InChI=1S/C10H14ClF3N2O2/c1-6(11)9(18)16-3-2-7(5-16)15-8(17)4-10(12,13)14/h6-7H,2-5H2,1H3,(H,15,17). The molecule has 1 saturated heterocycles. The molecule has 104 valence electrons. The first kappa shape index (κ1) is 15.1. The minimum Gasteiger partial charge on any atom is -0.351 e. The lowest BCUT2D eigenvalue weighted by Crippen LogP contribution is -2.41. The molecule has 4 nitrogen and oxygen atoms in total. The highest BCUT2D eigenvalue weighted by Gasteiger charge is 2.34. The third kappa shape index (κ3) is 4.72. The molecule has 1 heterocycles. The summed E-state index contributed by atoms with van der Waals surface area (Å²) in [7, 11) is 0. The van der Waals surface area contributed by atoms with Gasteiger partial charge in [0.25, 0.3) is 0 Å². The average Bonchev–Trinajstić information content (AvgIpc) is 2.61. The van der Waals surface area contributed by atoms with E-state index in [-0.39, 0.29) is 12.5 Å². The molecule has 0 radical (unpaired) electrons. The Bertz CT molecular complexity index is 334. The first-order valence-electron chi connectivity index (χ1n) is 5.48. The van der Waals surface area contributed by atoms with Crippen LogP contribution in [0.4, 0.5) is 13.2 Å². The van der Waals surface area contributed by atoms with Crippen LogP contribution in [-0.4, -0.2) is 47.4 Å². The van der Waals surface area contributed by atoms with Crippen LogP contribution in [0, 0.1) is 0 Å². The number of alkyl halides is 4. The van der Waals surface area contributed by atoms with Gasteiger partial charge in [-0.1, -0.05) is 0 Å². The van der Waals surface area contributed by atoms with E-state index in [0.717, 1.165) is 0 Å². The van der Waals surface area contributed by atoms with Crippen molar-refractivity contribution in [1.82, 2.24) is 10.2 Å². The number of nitrogens with one attached hydrogen (secondary N) is 1. The molecule has 0 aromatic carbocycles. The zero-order chi connectivity index (χ0) is 13.9. The first-order valence-corrected chi connectivity index (χ1v) is 5.91. The van der Waals surface area contributed by atoms with Crippen molar-refractivity contribution in [2.45, 2.75) is 37.4 Å². The summed E-state index contributed by atoms with van der Waals surface area (Å²) in [6, 6.07) is -0.431. The Morgan fingerprint density at radius 3 is 2.61 bits per heavy atom. The van der Waals surface area contributed by atoms with Crippen LogP contribution in [0.2, 0.25) is 0 Å². The summed E-state index contributed by atoms with van der Waals surface area (Å²) in [4.78, 5) is 24.0. The van der Waals surface area contributed by atoms with Gasteiger partial charge in [-0.3, -0.25) is 9.59 Å². The van der Waals surface area contributed by atoms with Gasteiger partial charge < -0.3 is 10.2 Å². The number of halogens is 4. The van der Waals surface area contributed by atoms with Gasteiger partial charge >= 0.3 is 6.18 Å². The van der Waals surface area contributed by atoms with Crippen LogP contribution in [0.15, 0.2) is 0 Å². The summed E-state index contributed by atoms with van der Waals surface area (Å²) in [5.41, 5.74) is 0. The van der Waals surface area contributed by atoms with Crippen LogP contribution in [0.25, 0.3) is 0 Å². The molecule has 0 saturated carbocycles. The number of amides is 2. The number of hydrogen-bond donors (Lipinski definition) is 1. The smallest absolute Gasteiger partial charge is 0.351 e. The molecule has 0 aromatic heterocycles.